The molecule has 1 aromatic carbocycles. The number of benzene rings is 1. The van der Waals surface area contributed by atoms with Gasteiger partial charge in [0, 0.05) is 10.9 Å². The van der Waals surface area contributed by atoms with Gasteiger partial charge in [-0.1, -0.05) is 28.1 Å². The molecule has 0 aliphatic heterocycles. The van der Waals surface area contributed by atoms with Crippen LogP contribution in [0, 0.1) is 11.2 Å². The second-order valence-corrected chi connectivity index (χ2v) is 2.91. The molecule has 3 N–H and O–H groups in total. The molecule has 0 aliphatic rings. The van der Waals surface area contributed by atoms with E-state index < -0.39 is 0 Å². The summed E-state index contributed by atoms with van der Waals surface area (Å²) in [6.07, 6.45) is 0. The van der Waals surface area contributed by atoms with Crippen LogP contribution in [0.15, 0.2) is 18.2 Å². The zero-order valence-corrected chi connectivity index (χ0v) is 7.86. The van der Waals surface area contributed by atoms with E-state index in [1.54, 1.807) is 12.1 Å². The summed E-state index contributed by atoms with van der Waals surface area (Å²) in [4.78, 5) is 0. The summed E-state index contributed by atoms with van der Waals surface area (Å²) in [5.41, 5.74) is 6.16. The molecule has 0 saturated carbocycles. The minimum atomic E-state index is -0.334. The molecule has 0 heterocycles. The number of nitrogen functional groups attached to an aromatic ring is 1. The molecular weight excluding hydrogens is 223 g/mol. The normalized spacial score (nSPS) is 9.83. The Labute approximate surface area is 78.2 Å². The predicted octanol–water partition coefficient (Wildman–Crippen LogP) is 2.00. The van der Waals surface area contributed by atoms with Crippen LogP contribution in [0.4, 0.5) is 4.39 Å². The van der Waals surface area contributed by atoms with E-state index in [2.05, 4.69) is 15.9 Å². The first kappa shape index (κ1) is 9.19. The minimum Gasteiger partial charge on any atom is -0.384 e. The van der Waals surface area contributed by atoms with Gasteiger partial charge in [0.05, 0.1) is 0 Å². The summed E-state index contributed by atoms with van der Waals surface area (Å²) in [5, 5.41) is 7.53. The maximum Gasteiger partial charge on any atom is 0.127 e. The highest BCUT2D eigenvalue weighted by molar-refractivity contribution is 9.08. The van der Waals surface area contributed by atoms with E-state index in [1.165, 1.54) is 6.07 Å². The van der Waals surface area contributed by atoms with Crippen molar-refractivity contribution in [2.45, 2.75) is 5.33 Å². The molecule has 0 amide bonds. The van der Waals surface area contributed by atoms with Crippen molar-refractivity contribution < 1.29 is 4.39 Å². The lowest BCUT2D eigenvalue weighted by Gasteiger charge is -2.01. The van der Waals surface area contributed by atoms with Crippen LogP contribution < -0.4 is 5.73 Å². The molecule has 12 heavy (non-hydrogen) atoms. The van der Waals surface area contributed by atoms with Crippen molar-refractivity contribution in [1.82, 2.24) is 0 Å². The van der Waals surface area contributed by atoms with Crippen LogP contribution in [0.2, 0.25) is 0 Å². The Kier molecular flexibility index (Phi) is 2.81. The number of alkyl halides is 1. The molecule has 2 nitrogen and oxygen atoms in total. The second-order valence-electron chi connectivity index (χ2n) is 2.35. The van der Waals surface area contributed by atoms with E-state index in [0.29, 0.717) is 16.5 Å². The highest BCUT2D eigenvalue weighted by atomic mass is 79.9. The van der Waals surface area contributed by atoms with Crippen molar-refractivity contribution in [3.05, 3.63) is 35.1 Å². The summed E-state index contributed by atoms with van der Waals surface area (Å²) in [7, 11) is 0. The van der Waals surface area contributed by atoms with Gasteiger partial charge >= 0.3 is 0 Å². The average Bonchev–Trinajstić information content (AvgIpc) is 2.04. The van der Waals surface area contributed by atoms with Gasteiger partial charge < -0.3 is 5.73 Å². The fourth-order valence-corrected chi connectivity index (χ4v) is 1.28. The largest absolute Gasteiger partial charge is 0.384 e. The summed E-state index contributed by atoms with van der Waals surface area (Å²) >= 11 is 3.14. The molecule has 0 aromatic heterocycles. The standard InChI is InChI=1S/C8H8BrFN2/c9-4-6-2-1-5(8(11)12)3-7(6)10/h1-3H,4H2,(H3,11,12). The second kappa shape index (κ2) is 3.67. The molecular formula is C8H8BrFN2. The molecule has 0 fully saturated rings. The van der Waals surface area contributed by atoms with Crippen LogP contribution in [-0.2, 0) is 5.33 Å². The Morgan fingerprint density at radius 2 is 2.25 bits per heavy atom. The lowest BCUT2D eigenvalue weighted by molar-refractivity contribution is 0.617. The number of halogens is 2. The fraction of sp³-hybridized carbons (Fsp3) is 0.125. The maximum atomic E-state index is 13.0. The fourth-order valence-electron chi connectivity index (χ4n) is 0.823. The van der Waals surface area contributed by atoms with Crippen molar-refractivity contribution in [2.24, 2.45) is 5.73 Å². The summed E-state index contributed by atoms with van der Waals surface area (Å²) in [6, 6.07) is 4.50. The number of amidine groups is 1. The van der Waals surface area contributed by atoms with Crippen molar-refractivity contribution in [3.8, 4) is 0 Å². The molecule has 0 atom stereocenters. The molecule has 0 unspecified atom stereocenters. The third-order valence-electron chi connectivity index (χ3n) is 1.51. The monoisotopic (exact) mass is 230 g/mol. The van der Waals surface area contributed by atoms with Crippen LogP contribution in [0.3, 0.4) is 0 Å². The van der Waals surface area contributed by atoms with Gasteiger partial charge in [-0.15, -0.1) is 0 Å². The van der Waals surface area contributed by atoms with Crippen LogP contribution in [0.5, 0.6) is 0 Å². The van der Waals surface area contributed by atoms with Crippen LogP contribution in [-0.4, -0.2) is 5.84 Å². The van der Waals surface area contributed by atoms with Gasteiger partial charge in [0.15, 0.2) is 0 Å². The molecule has 4 heteroatoms. The number of nitrogens with one attached hydrogen (secondary N) is 1. The van der Waals surface area contributed by atoms with E-state index >= 15 is 0 Å². The Bertz CT molecular complexity index is 312. The molecule has 0 spiro atoms. The number of nitrogens with two attached hydrogens (primary N) is 1. The van der Waals surface area contributed by atoms with Gasteiger partial charge in [0.1, 0.15) is 11.7 Å². The Morgan fingerprint density at radius 3 is 2.67 bits per heavy atom. The first-order valence-electron chi connectivity index (χ1n) is 3.34. The van der Waals surface area contributed by atoms with Crippen LogP contribution in [0.1, 0.15) is 11.1 Å². The average molecular weight is 231 g/mol. The molecule has 64 valence electrons. The van der Waals surface area contributed by atoms with E-state index in [0.717, 1.165) is 0 Å². The lowest BCUT2D eigenvalue weighted by Crippen LogP contribution is -2.11. The van der Waals surface area contributed by atoms with Crippen LogP contribution in [0.25, 0.3) is 0 Å². The number of rotatable bonds is 2. The zero-order valence-electron chi connectivity index (χ0n) is 6.27. The molecule has 0 bridgehead atoms. The Morgan fingerprint density at radius 1 is 1.58 bits per heavy atom. The summed E-state index contributed by atoms with van der Waals surface area (Å²) in [6.45, 7) is 0. The van der Waals surface area contributed by atoms with Crippen molar-refractivity contribution >= 4 is 21.8 Å². The van der Waals surface area contributed by atoms with Crippen molar-refractivity contribution in [1.29, 1.82) is 5.41 Å². The molecule has 0 saturated heterocycles. The third kappa shape index (κ3) is 1.82. The maximum absolute atomic E-state index is 13.0. The smallest absolute Gasteiger partial charge is 0.127 e. The van der Waals surface area contributed by atoms with Gasteiger partial charge in [-0.2, -0.15) is 0 Å². The number of hydrogen-bond acceptors (Lipinski definition) is 1. The topological polar surface area (TPSA) is 49.9 Å². The van der Waals surface area contributed by atoms with E-state index in [-0.39, 0.29) is 11.7 Å². The van der Waals surface area contributed by atoms with Gasteiger partial charge in [0.25, 0.3) is 0 Å². The minimum absolute atomic E-state index is 0.116. The van der Waals surface area contributed by atoms with E-state index in [4.69, 9.17) is 11.1 Å². The molecule has 1 aromatic rings. The summed E-state index contributed by atoms with van der Waals surface area (Å²) in [5.74, 6) is -0.449. The van der Waals surface area contributed by atoms with Crippen LogP contribution >= 0.6 is 15.9 Å². The Balaban J connectivity index is 3.10. The molecule has 0 aliphatic carbocycles. The van der Waals surface area contributed by atoms with Gasteiger partial charge in [-0.3, -0.25) is 5.41 Å². The number of hydrogen-bond donors (Lipinski definition) is 2. The van der Waals surface area contributed by atoms with Crippen molar-refractivity contribution in [2.75, 3.05) is 0 Å². The van der Waals surface area contributed by atoms with Gasteiger partial charge in [0.2, 0.25) is 0 Å². The van der Waals surface area contributed by atoms with Crippen molar-refractivity contribution in [3.63, 3.8) is 0 Å². The summed E-state index contributed by atoms with van der Waals surface area (Å²) < 4.78 is 13.0. The quantitative estimate of drug-likeness (QED) is 0.456. The van der Waals surface area contributed by atoms with Gasteiger partial charge in [-0.25, -0.2) is 4.39 Å². The lowest BCUT2D eigenvalue weighted by atomic mass is 10.1. The van der Waals surface area contributed by atoms with Gasteiger partial charge in [-0.05, 0) is 11.6 Å². The SMILES string of the molecule is N=C(N)c1ccc(CBr)c(F)c1. The highest BCUT2D eigenvalue weighted by Crippen LogP contribution is 2.12. The van der Waals surface area contributed by atoms with E-state index in [9.17, 15) is 4.39 Å². The third-order valence-corrected chi connectivity index (χ3v) is 2.11. The Hall–Kier alpha value is -0.900. The molecule has 0 radical (unpaired) electrons. The highest BCUT2D eigenvalue weighted by Gasteiger charge is 2.03. The molecule has 1 rings (SSSR count). The zero-order chi connectivity index (χ0) is 9.14. The van der Waals surface area contributed by atoms with E-state index in [1.807, 2.05) is 0 Å². The predicted molar refractivity (Wildman–Crippen MR) is 50.0 cm³/mol. The first-order valence-corrected chi connectivity index (χ1v) is 4.46. The first-order chi connectivity index (χ1) is 5.65.